The molecule has 0 saturated heterocycles. The van der Waals surface area contributed by atoms with Crippen molar-refractivity contribution in [1.29, 1.82) is 0 Å². The van der Waals surface area contributed by atoms with Gasteiger partial charge in [-0.15, -0.1) is 11.6 Å². The van der Waals surface area contributed by atoms with Crippen LogP contribution in [0.2, 0.25) is 0 Å². The Hall–Kier alpha value is -1.45. The molecule has 0 amide bonds. The molecule has 2 aromatic rings. The molecule has 0 saturated carbocycles. The van der Waals surface area contributed by atoms with Crippen molar-refractivity contribution in [3.05, 3.63) is 70.8 Å². The minimum absolute atomic E-state index is 0.423. The van der Waals surface area contributed by atoms with Gasteiger partial charge in [0.05, 0.1) is 0 Å². The summed E-state index contributed by atoms with van der Waals surface area (Å²) in [5, 5.41) is 3.14. The molecule has 2 aromatic carbocycles. The molecule has 0 heterocycles. The van der Waals surface area contributed by atoms with Crippen molar-refractivity contribution < 1.29 is 8.78 Å². The fourth-order valence-corrected chi connectivity index (χ4v) is 1.99. The van der Waals surface area contributed by atoms with E-state index in [2.05, 4.69) is 5.32 Å². The molecule has 0 aliphatic carbocycles. The molecule has 0 radical (unpaired) electrons. The Bertz CT molecular complexity index is 520. The fourth-order valence-electron chi connectivity index (χ4n) is 1.81. The zero-order valence-corrected chi connectivity index (χ0v) is 11.1. The van der Waals surface area contributed by atoms with Gasteiger partial charge in [-0.05, 0) is 28.8 Å². The van der Waals surface area contributed by atoms with Gasteiger partial charge in [-0.3, -0.25) is 0 Å². The molecule has 0 spiro atoms. The van der Waals surface area contributed by atoms with E-state index in [0.29, 0.717) is 24.5 Å². The van der Waals surface area contributed by atoms with Crippen molar-refractivity contribution in [2.24, 2.45) is 0 Å². The van der Waals surface area contributed by atoms with Crippen LogP contribution in [0.3, 0.4) is 0 Å². The van der Waals surface area contributed by atoms with Crippen LogP contribution < -0.4 is 5.32 Å². The number of rotatable bonds is 5. The van der Waals surface area contributed by atoms with E-state index in [1.807, 2.05) is 24.3 Å². The lowest BCUT2D eigenvalue weighted by Crippen LogP contribution is -2.13. The van der Waals surface area contributed by atoms with Crippen LogP contribution in [-0.4, -0.2) is 0 Å². The largest absolute Gasteiger partial charge is 0.309 e. The fraction of sp³-hybridized carbons (Fsp3) is 0.200. The van der Waals surface area contributed by atoms with Crippen LogP contribution in [0.15, 0.2) is 42.5 Å². The monoisotopic (exact) mass is 281 g/mol. The molecule has 19 heavy (non-hydrogen) atoms. The summed E-state index contributed by atoms with van der Waals surface area (Å²) in [5.74, 6) is -0.609. The highest BCUT2D eigenvalue weighted by Crippen LogP contribution is 2.09. The molecule has 0 atom stereocenters. The van der Waals surface area contributed by atoms with E-state index in [1.54, 1.807) is 0 Å². The van der Waals surface area contributed by atoms with Crippen LogP contribution >= 0.6 is 11.6 Å². The third-order valence-corrected chi connectivity index (χ3v) is 3.07. The number of hydrogen-bond acceptors (Lipinski definition) is 1. The Morgan fingerprint density at radius 3 is 1.89 bits per heavy atom. The molecule has 0 fully saturated rings. The van der Waals surface area contributed by atoms with Gasteiger partial charge in [-0.1, -0.05) is 24.3 Å². The van der Waals surface area contributed by atoms with E-state index in [4.69, 9.17) is 11.6 Å². The lowest BCUT2D eigenvalue weighted by molar-refractivity contribution is 0.575. The van der Waals surface area contributed by atoms with Crippen LogP contribution in [0.25, 0.3) is 0 Å². The molecule has 2 rings (SSSR count). The van der Waals surface area contributed by atoms with Crippen LogP contribution in [0.1, 0.15) is 16.7 Å². The molecule has 0 aliphatic rings. The van der Waals surface area contributed by atoms with Gasteiger partial charge in [0.25, 0.3) is 0 Å². The highest BCUT2D eigenvalue weighted by atomic mass is 35.5. The predicted molar refractivity (Wildman–Crippen MR) is 72.9 cm³/mol. The molecule has 1 N–H and O–H groups in total. The van der Waals surface area contributed by atoms with E-state index in [9.17, 15) is 8.78 Å². The maximum Gasteiger partial charge on any atom is 0.126 e. The standard InChI is InChI=1S/C15H14ClF2N/c16-8-11-1-3-12(4-2-11)9-19-10-13-5-14(17)7-15(18)6-13/h1-7,19H,8-10H2. The SMILES string of the molecule is Fc1cc(F)cc(CNCc2ccc(CCl)cc2)c1. The second-order valence-electron chi connectivity index (χ2n) is 4.33. The Morgan fingerprint density at radius 1 is 0.789 bits per heavy atom. The van der Waals surface area contributed by atoms with Gasteiger partial charge in [0.1, 0.15) is 11.6 Å². The average Bonchev–Trinajstić information content (AvgIpc) is 2.38. The van der Waals surface area contributed by atoms with Crippen molar-refractivity contribution in [2.75, 3.05) is 0 Å². The molecule has 100 valence electrons. The Balaban J connectivity index is 1.88. The normalized spacial score (nSPS) is 10.7. The molecule has 0 aromatic heterocycles. The highest BCUT2D eigenvalue weighted by molar-refractivity contribution is 6.17. The summed E-state index contributed by atoms with van der Waals surface area (Å²) in [6, 6.07) is 11.4. The minimum atomic E-state index is -0.553. The number of alkyl halides is 1. The number of halogens is 3. The van der Waals surface area contributed by atoms with Crippen LogP contribution in [0.4, 0.5) is 8.78 Å². The smallest absolute Gasteiger partial charge is 0.126 e. The van der Waals surface area contributed by atoms with Crippen molar-refractivity contribution in [3.8, 4) is 0 Å². The number of benzene rings is 2. The highest BCUT2D eigenvalue weighted by Gasteiger charge is 2.00. The second kappa shape index (κ2) is 6.64. The quantitative estimate of drug-likeness (QED) is 0.817. The lowest BCUT2D eigenvalue weighted by Gasteiger charge is -2.06. The van der Waals surface area contributed by atoms with Crippen molar-refractivity contribution in [3.63, 3.8) is 0 Å². The van der Waals surface area contributed by atoms with E-state index in [0.717, 1.165) is 17.2 Å². The third kappa shape index (κ3) is 4.30. The molecule has 0 unspecified atom stereocenters. The van der Waals surface area contributed by atoms with Crippen molar-refractivity contribution >= 4 is 11.6 Å². The van der Waals surface area contributed by atoms with E-state index < -0.39 is 11.6 Å². The van der Waals surface area contributed by atoms with Crippen molar-refractivity contribution in [2.45, 2.75) is 19.0 Å². The van der Waals surface area contributed by atoms with Gasteiger partial charge in [0.2, 0.25) is 0 Å². The topological polar surface area (TPSA) is 12.0 Å². The lowest BCUT2D eigenvalue weighted by atomic mass is 10.1. The average molecular weight is 282 g/mol. The van der Waals surface area contributed by atoms with E-state index in [-0.39, 0.29) is 0 Å². The first kappa shape index (κ1) is 14.0. The predicted octanol–water partition coefficient (Wildman–Crippen LogP) is 3.99. The first-order valence-corrected chi connectivity index (χ1v) is 6.50. The van der Waals surface area contributed by atoms with Crippen LogP contribution in [0, 0.1) is 11.6 Å². The summed E-state index contributed by atoms with van der Waals surface area (Å²) < 4.78 is 26.0. The molecule has 1 nitrogen and oxygen atoms in total. The molecule has 4 heteroatoms. The van der Waals surface area contributed by atoms with Crippen LogP contribution in [0.5, 0.6) is 0 Å². The zero-order valence-electron chi connectivity index (χ0n) is 10.3. The summed E-state index contributed by atoms with van der Waals surface area (Å²) >= 11 is 5.71. The summed E-state index contributed by atoms with van der Waals surface area (Å²) in [6.07, 6.45) is 0. The zero-order chi connectivity index (χ0) is 13.7. The maximum absolute atomic E-state index is 13.0. The van der Waals surface area contributed by atoms with E-state index in [1.165, 1.54) is 12.1 Å². The summed E-state index contributed by atoms with van der Waals surface area (Å²) in [4.78, 5) is 0. The summed E-state index contributed by atoms with van der Waals surface area (Å²) in [7, 11) is 0. The van der Waals surface area contributed by atoms with Gasteiger partial charge in [0.15, 0.2) is 0 Å². The van der Waals surface area contributed by atoms with Gasteiger partial charge in [0, 0.05) is 25.0 Å². The number of hydrogen-bond donors (Lipinski definition) is 1. The Kier molecular flexibility index (Phi) is 4.88. The Labute approximate surface area is 116 Å². The van der Waals surface area contributed by atoms with Gasteiger partial charge in [-0.25, -0.2) is 8.78 Å². The number of nitrogens with one attached hydrogen (secondary N) is 1. The third-order valence-electron chi connectivity index (χ3n) is 2.76. The second-order valence-corrected chi connectivity index (χ2v) is 4.60. The van der Waals surface area contributed by atoms with Crippen LogP contribution in [-0.2, 0) is 19.0 Å². The van der Waals surface area contributed by atoms with E-state index >= 15 is 0 Å². The summed E-state index contributed by atoms with van der Waals surface area (Å²) in [5.41, 5.74) is 2.76. The summed E-state index contributed by atoms with van der Waals surface area (Å²) in [6.45, 7) is 1.06. The molecule has 0 bridgehead atoms. The Morgan fingerprint density at radius 2 is 1.32 bits per heavy atom. The minimum Gasteiger partial charge on any atom is -0.309 e. The van der Waals surface area contributed by atoms with Gasteiger partial charge in [-0.2, -0.15) is 0 Å². The maximum atomic E-state index is 13.0. The molecular formula is C15H14ClF2N. The molecular weight excluding hydrogens is 268 g/mol. The molecule has 0 aliphatic heterocycles. The van der Waals surface area contributed by atoms with Crippen molar-refractivity contribution in [1.82, 2.24) is 5.32 Å². The first-order valence-electron chi connectivity index (χ1n) is 5.97. The van der Waals surface area contributed by atoms with Gasteiger partial charge >= 0.3 is 0 Å². The van der Waals surface area contributed by atoms with Gasteiger partial charge < -0.3 is 5.32 Å². The first-order chi connectivity index (χ1) is 9.17.